The molecule has 0 aliphatic heterocycles. The number of guanidine groups is 1. The number of rotatable bonds is 8. The highest BCUT2D eigenvalue weighted by Gasteiger charge is 2.26. The second kappa shape index (κ2) is 9.42. The molecule has 0 atom stereocenters. The number of aromatic nitrogens is 1. The van der Waals surface area contributed by atoms with Gasteiger partial charge in [-0.2, -0.15) is 13.2 Å². The maximum atomic E-state index is 12.2. The van der Waals surface area contributed by atoms with Crippen molar-refractivity contribution in [3.8, 4) is 0 Å². The van der Waals surface area contributed by atoms with Crippen molar-refractivity contribution in [1.82, 2.24) is 15.8 Å². The highest BCUT2D eigenvalue weighted by Crippen LogP contribution is 2.22. The summed E-state index contributed by atoms with van der Waals surface area (Å²) in [6.07, 6.45) is -3.13. The number of hydrogen-bond donors (Lipinski definition) is 2. The summed E-state index contributed by atoms with van der Waals surface area (Å²) >= 11 is 0. The molecule has 2 N–H and O–H groups in total. The molecule has 0 bridgehead atoms. The summed E-state index contributed by atoms with van der Waals surface area (Å²) in [5.41, 5.74) is 0.898. The number of aliphatic imine (C=N–C) groups is 1. The van der Waals surface area contributed by atoms with E-state index in [9.17, 15) is 13.2 Å². The lowest BCUT2D eigenvalue weighted by Crippen LogP contribution is -2.38. The minimum absolute atomic E-state index is 0.218. The third-order valence-electron chi connectivity index (χ3n) is 3.42. The summed E-state index contributed by atoms with van der Waals surface area (Å²) in [6, 6.07) is 1.86. The zero-order valence-corrected chi connectivity index (χ0v) is 13.8. The lowest BCUT2D eigenvalue weighted by Gasteiger charge is -2.12. The number of nitrogens with zero attached hydrogens (tertiary/aromatic N) is 2. The molecule has 1 rings (SSSR count). The Morgan fingerprint density at radius 3 is 2.52 bits per heavy atom. The van der Waals surface area contributed by atoms with Gasteiger partial charge in [0.15, 0.2) is 11.7 Å². The van der Waals surface area contributed by atoms with E-state index in [1.807, 2.05) is 13.0 Å². The summed E-state index contributed by atoms with van der Waals surface area (Å²) in [4.78, 5) is 4.22. The Hall–Kier alpha value is -1.73. The third kappa shape index (κ3) is 7.38. The first-order valence-corrected chi connectivity index (χ1v) is 7.94. The Labute approximate surface area is 134 Å². The third-order valence-corrected chi connectivity index (χ3v) is 3.42. The van der Waals surface area contributed by atoms with Crippen LogP contribution >= 0.6 is 0 Å². The lowest BCUT2D eigenvalue weighted by molar-refractivity contribution is -0.132. The average molecular weight is 334 g/mol. The van der Waals surface area contributed by atoms with Gasteiger partial charge in [0, 0.05) is 25.1 Å². The van der Waals surface area contributed by atoms with Crippen molar-refractivity contribution >= 4 is 5.96 Å². The molecule has 0 saturated carbocycles. The Morgan fingerprint density at radius 1 is 1.26 bits per heavy atom. The van der Waals surface area contributed by atoms with Crippen LogP contribution in [0.15, 0.2) is 15.6 Å². The van der Waals surface area contributed by atoms with Crippen molar-refractivity contribution in [2.24, 2.45) is 4.99 Å². The molecule has 1 aromatic heterocycles. The minimum Gasteiger partial charge on any atom is -0.359 e. The highest BCUT2D eigenvalue weighted by atomic mass is 19.4. The predicted octanol–water partition coefficient (Wildman–Crippen LogP) is 3.59. The van der Waals surface area contributed by atoms with Gasteiger partial charge in [0.1, 0.15) is 6.54 Å². The monoisotopic (exact) mass is 334 g/mol. The fraction of sp³-hybridized carbons (Fsp3) is 0.733. The summed E-state index contributed by atoms with van der Waals surface area (Å²) in [6.45, 7) is 6.61. The Kier molecular flexibility index (Phi) is 7.91. The van der Waals surface area contributed by atoms with Gasteiger partial charge in [0.05, 0.1) is 12.1 Å². The van der Waals surface area contributed by atoms with Crippen LogP contribution in [-0.2, 0) is 6.54 Å². The van der Waals surface area contributed by atoms with E-state index in [1.165, 1.54) is 0 Å². The quantitative estimate of drug-likeness (QED) is 0.563. The Balaban J connectivity index is 2.59. The van der Waals surface area contributed by atoms with E-state index in [0.29, 0.717) is 24.2 Å². The maximum absolute atomic E-state index is 12.2. The smallest absolute Gasteiger partial charge is 0.359 e. The fourth-order valence-electron chi connectivity index (χ4n) is 2.12. The average Bonchev–Trinajstić information content (AvgIpc) is 2.93. The van der Waals surface area contributed by atoms with Crippen LogP contribution in [-0.4, -0.2) is 30.4 Å². The molecule has 0 amide bonds. The standard InChI is InChI=1S/C15H25F3N4O/c1-4-11(5-2)13-9-12(23-22-13)10-21-14(19-6-3)20-8-7-15(16,17)18/h9,11H,4-8,10H2,1-3H3,(H2,19,20,21). The normalized spacial score (nSPS) is 12.7. The van der Waals surface area contributed by atoms with E-state index in [4.69, 9.17) is 4.52 Å². The van der Waals surface area contributed by atoms with Crippen molar-refractivity contribution < 1.29 is 17.7 Å². The number of nitrogens with one attached hydrogen (secondary N) is 2. The molecular formula is C15H25F3N4O. The van der Waals surface area contributed by atoms with Crippen LogP contribution in [0.3, 0.4) is 0 Å². The molecule has 1 aromatic rings. The molecule has 0 fully saturated rings. The second-order valence-electron chi connectivity index (χ2n) is 5.22. The van der Waals surface area contributed by atoms with Gasteiger partial charge < -0.3 is 15.2 Å². The molecule has 23 heavy (non-hydrogen) atoms. The number of halogens is 3. The van der Waals surface area contributed by atoms with E-state index < -0.39 is 12.6 Å². The predicted molar refractivity (Wildman–Crippen MR) is 83.3 cm³/mol. The SMILES string of the molecule is CCNC(=NCc1cc(C(CC)CC)no1)NCCC(F)(F)F. The number of alkyl halides is 3. The van der Waals surface area contributed by atoms with Crippen LogP contribution in [0, 0.1) is 0 Å². The summed E-state index contributed by atoms with van der Waals surface area (Å²) in [7, 11) is 0. The van der Waals surface area contributed by atoms with Crippen molar-refractivity contribution in [3.63, 3.8) is 0 Å². The first kappa shape index (κ1) is 19.3. The van der Waals surface area contributed by atoms with Crippen molar-refractivity contribution in [3.05, 3.63) is 17.5 Å². The van der Waals surface area contributed by atoms with E-state index in [1.54, 1.807) is 0 Å². The summed E-state index contributed by atoms with van der Waals surface area (Å²) in [5.74, 6) is 1.28. The van der Waals surface area contributed by atoms with Gasteiger partial charge in [-0.05, 0) is 19.8 Å². The van der Waals surface area contributed by atoms with Crippen LogP contribution in [0.1, 0.15) is 57.4 Å². The molecule has 0 aliphatic rings. The largest absolute Gasteiger partial charge is 0.390 e. The highest BCUT2D eigenvalue weighted by molar-refractivity contribution is 5.79. The topological polar surface area (TPSA) is 62.5 Å². The van der Waals surface area contributed by atoms with Gasteiger partial charge in [-0.1, -0.05) is 19.0 Å². The van der Waals surface area contributed by atoms with Gasteiger partial charge in [0.25, 0.3) is 0 Å². The van der Waals surface area contributed by atoms with Crippen molar-refractivity contribution in [2.75, 3.05) is 13.1 Å². The molecule has 0 radical (unpaired) electrons. The molecule has 0 unspecified atom stereocenters. The maximum Gasteiger partial charge on any atom is 0.390 e. The van der Waals surface area contributed by atoms with E-state index in [0.717, 1.165) is 18.5 Å². The van der Waals surface area contributed by atoms with E-state index >= 15 is 0 Å². The molecule has 0 aromatic carbocycles. The van der Waals surface area contributed by atoms with Crippen LogP contribution < -0.4 is 10.6 Å². The molecule has 5 nitrogen and oxygen atoms in total. The van der Waals surface area contributed by atoms with E-state index in [2.05, 4.69) is 34.6 Å². The van der Waals surface area contributed by atoms with Gasteiger partial charge >= 0.3 is 6.18 Å². The second-order valence-corrected chi connectivity index (χ2v) is 5.22. The zero-order chi connectivity index (χ0) is 17.3. The van der Waals surface area contributed by atoms with E-state index in [-0.39, 0.29) is 13.1 Å². The van der Waals surface area contributed by atoms with Gasteiger partial charge in [0.2, 0.25) is 0 Å². The van der Waals surface area contributed by atoms with Crippen LogP contribution in [0.5, 0.6) is 0 Å². The molecule has 0 aliphatic carbocycles. The van der Waals surface area contributed by atoms with Crippen LogP contribution in [0.25, 0.3) is 0 Å². The molecule has 132 valence electrons. The van der Waals surface area contributed by atoms with Crippen molar-refractivity contribution in [1.29, 1.82) is 0 Å². The van der Waals surface area contributed by atoms with Crippen molar-refractivity contribution in [2.45, 2.75) is 58.7 Å². The van der Waals surface area contributed by atoms with Crippen LogP contribution in [0.4, 0.5) is 13.2 Å². The van der Waals surface area contributed by atoms with Gasteiger partial charge in [-0.3, -0.25) is 0 Å². The summed E-state index contributed by atoms with van der Waals surface area (Å²) < 4.78 is 41.7. The van der Waals surface area contributed by atoms with Crippen LogP contribution in [0.2, 0.25) is 0 Å². The van der Waals surface area contributed by atoms with Gasteiger partial charge in [-0.25, -0.2) is 4.99 Å². The Bertz CT molecular complexity index is 481. The first-order chi connectivity index (χ1) is 10.9. The minimum atomic E-state index is -4.18. The Morgan fingerprint density at radius 2 is 1.96 bits per heavy atom. The fourth-order valence-corrected chi connectivity index (χ4v) is 2.12. The molecule has 0 spiro atoms. The number of hydrogen-bond acceptors (Lipinski definition) is 3. The molecular weight excluding hydrogens is 309 g/mol. The summed E-state index contributed by atoms with van der Waals surface area (Å²) in [5, 5.41) is 9.60. The first-order valence-electron chi connectivity index (χ1n) is 7.94. The lowest BCUT2D eigenvalue weighted by atomic mass is 9.99. The zero-order valence-electron chi connectivity index (χ0n) is 13.8. The molecule has 0 saturated heterocycles. The van der Waals surface area contributed by atoms with Gasteiger partial charge in [-0.15, -0.1) is 0 Å². The molecule has 1 heterocycles. The molecule has 8 heteroatoms.